The number of nitrogens with zero attached hydrogens (tertiary/aromatic N) is 2. The Kier molecular flexibility index (Phi) is 8.17. The monoisotopic (exact) mass is 647 g/mol. The first-order valence-corrected chi connectivity index (χ1v) is 15.7. The number of carbonyl (C=O) groups is 2. The Balaban J connectivity index is 1.56. The predicted octanol–water partition coefficient (Wildman–Crippen LogP) is 6.46. The molecule has 46 heavy (non-hydrogen) atoms. The van der Waals surface area contributed by atoms with Gasteiger partial charge in [0.05, 0.1) is 34.5 Å². The van der Waals surface area contributed by atoms with E-state index in [-0.39, 0.29) is 29.3 Å². The number of carbonyl (C=O) groups excluding carboxylic acids is 2. The van der Waals surface area contributed by atoms with Crippen LogP contribution in [0, 0.1) is 0 Å². The standard InChI is InChI=1S/C34H28F3N3O5S/c1-45-19-18-39-31(28-21-40(29-17-8-7-14-25(28)29)46(43,44)24-12-3-2-4-13-24)30(26-15-5-6-16-27(26)33(39)42)32(41)38-23-11-9-10-22(20-23)34(35,36)37/h2-17,20-21,30-31H,18-19H2,1H3,(H,38,41). The maximum Gasteiger partial charge on any atom is 0.416 e. The number of para-hydroxylation sites is 1. The molecule has 0 bridgehead atoms. The molecule has 8 nitrogen and oxygen atoms in total. The second-order valence-corrected chi connectivity index (χ2v) is 12.6. The van der Waals surface area contributed by atoms with E-state index in [4.69, 9.17) is 4.74 Å². The number of hydrogen-bond donors (Lipinski definition) is 1. The molecule has 0 fully saturated rings. The molecule has 5 aromatic rings. The topological polar surface area (TPSA) is 97.7 Å². The van der Waals surface area contributed by atoms with Crippen molar-refractivity contribution in [2.24, 2.45) is 0 Å². The number of benzene rings is 4. The van der Waals surface area contributed by atoms with Crippen LogP contribution in [-0.2, 0) is 25.7 Å². The van der Waals surface area contributed by atoms with Crippen molar-refractivity contribution in [3.63, 3.8) is 0 Å². The first-order valence-electron chi connectivity index (χ1n) is 14.3. The number of halogens is 3. The van der Waals surface area contributed by atoms with Gasteiger partial charge >= 0.3 is 6.18 Å². The summed E-state index contributed by atoms with van der Waals surface area (Å²) in [5.41, 5.74) is 0.301. The van der Waals surface area contributed by atoms with Crippen molar-refractivity contribution in [2.75, 3.05) is 25.6 Å². The van der Waals surface area contributed by atoms with Crippen LogP contribution in [0.4, 0.5) is 18.9 Å². The van der Waals surface area contributed by atoms with Crippen LogP contribution in [0.1, 0.15) is 39.0 Å². The molecule has 0 aliphatic carbocycles. The summed E-state index contributed by atoms with van der Waals surface area (Å²) in [5, 5.41) is 3.12. The summed E-state index contributed by atoms with van der Waals surface area (Å²) < 4.78 is 74.8. The lowest BCUT2D eigenvalue weighted by Gasteiger charge is -2.41. The second-order valence-electron chi connectivity index (χ2n) is 10.8. The van der Waals surface area contributed by atoms with Crippen molar-refractivity contribution in [1.82, 2.24) is 8.87 Å². The predicted molar refractivity (Wildman–Crippen MR) is 166 cm³/mol. The Hall–Kier alpha value is -4.94. The molecule has 2 atom stereocenters. The van der Waals surface area contributed by atoms with Crippen molar-refractivity contribution in [1.29, 1.82) is 0 Å². The first kappa shape index (κ1) is 31.1. The van der Waals surface area contributed by atoms with Gasteiger partial charge in [-0.05, 0) is 48.0 Å². The summed E-state index contributed by atoms with van der Waals surface area (Å²) in [6.45, 7) is 0.153. The molecule has 0 saturated heterocycles. The van der Waals surface area contributed by atoms with Gasteiger partial charge < -0.3 is 15.0 Å². The number of aromatic nitrogens is 1. The van der Waals surface area contributed by atoms with Crippen LogP contribution >= 0.6 is 0 Å². The highest BCUT2D eigenvalue weighted by Gasteiger charge is 2.45. The number of nitrogens with one attached hydrogen (secondary N) is 1. The van der Waals surface area contributed by atoms with Gasteiger partial charge in [-0.2, -0.15) is 13.2 Å². The third-order valence-electron chi connectivity index (χ3n) is 8.04. The lowest BCUT2D eigenvalue weighted by atomic mass is 9.79. The molecular formula is C34H28F3N3O5S. The number of anilines is 1. The third kappa shape index (κ3) is 5.54. The molecule has 2 heterocycles. The van der Waals surface area contributed by atoms with Crippen LogP contribution in [0.15, 0.2) is 114 Å². The van der Waals surface area contributed by atoms with Crippen molar-refractivity contribution in [2.45, 2.75) is 23.0 Å². The fourth-order valence-electron chi connectivity index (χ4n) is 5.97. The summed E-state index contributed by atoms with van der Waals surface area (Å²) in [6, 6.07) is 24.4. The van der Waals surface area contributed by atoms with Crippen molar-refractivity contribution in [3.05, 3.63) is 132 Å². The lowest BCUT2D eigenvalue weighted by Crippen LogP contribution is -2.47. The summed E-state index contributed by atoms with van der Waals surface area (Å²) in [4.78, 5) is 29.8. The second kappa shape index (κ2) is 12.1. The first-order chi connectivity index (χ1) is 22.0. The molecule has 0 saturated carbocycles. The molecule has 1 aromatic heterocycles. The zero-order chi connectivity index (χ0) is 32.6. The van der Waals surface area contributed by atoms with E-state index in [1.54, 1.807) is 66.7 Å². The van der Waals surface area contributed by atoms with Crippen LogP contribution in [0.2, 0.25) is 0 Å². The van der Waals surface area contributed by atoms with E-state index in [0.29, 0.717) is 22.0 Å². The number of methoxy groups -OCH3 is 1. The molecular weight excluding hydrogens is 619 g/mol. The van der Waals surface area contributed by atoms with Crippen LogP contribution in [-0.4, -0.2) is 49.4 Å². The fourth-order valence-corrected chi connectivity index (χ4v) is 7.36. The SMILES string of the molecule is COCCN1C(=O)c2ccccc2C(C(=O)Nc2cccc(C(F)(F)F)c2)C1c1cn(S(=O)(=O)c2ccccc2)c2ccccc12. The Morgan fingerprint density at radius 1 is 0.891 bits per heavy atom. The van der Waals surface area contributed by atoms with Gasteiger partial charge in [-0.25, -0.2) is 12.4 Å². The Bertz CT molecular complexity index is 2040. The molecule has 1 aliphatic rings. The fraction of sp³-hybridized carbons (Fsp3) is 0.176. The van der Waals surface area contributed by atoms with E-state index in [1.807, 2.05) is 0 Å². The van der Waals surface area contributed by atoms with Gasteiger partial charge in [0.25, 0.3) is 15.9 Å². The van der Waals surface area contributed by atoms with Crippen molar-refractivity contribution >= 4 is 38.4 Å². The summed E-state index contributed by atoms with van der Waals surface area (Å²) in [7, 11) is -2.65. The van der Waals surface area contributed by atoms with Gasteiger partial charge in [-0.1, -0.05) is 60.7 Å². The van der Waals surface area contributed by atoms with E-state index in [2.05, 4.69) is 5.32 Å². The molecule has 0 spiro atoms. The average Bonchev–Trinajstić information content (AvgIpc) is 3.44. The lowest BCUT2D eigenvalue weighted by molar-refractivity contribution is -0.137. The van der Waals surface area contributed by atoms with E-state index < -0.39 is 45.5 Å². The summed E-state index contributed by atoms with van der Waals surface area (Å²) in [6.07, 6.45) is -3.21. The molecule has 6 rings (SSSR count). The highest BCUT2D eigenvalue weighted by Crippen LogP contribution is 2.46. The highest BCUT2D eigenvalue weighted by molar-refractivity contribution is 7.90. The largest absolute Gasteiger partial charge is 0.416 e. The zero-order valence-corrected chi connectivity index (χ0v) is 25.3. The van der Waals surface area contributed by atoms with Crippen LogP contribution in [0.3, 0.4) is 0 Å². The molecule has 2 amide bonds. The van der Waals surface area contributed by atoms with E-state index >= 15 is 0 Å². The quantitative estimate of drug-likeness (QED) is 0.209. The Morgan fingerprint density at radius 2 is 1.59 bits per heavy atom. The molecule has 12 heteroatoms. The number of alkyl halides is 3. The van der Waals surface area contributed by atoms with Crippen LogP contribution < -0.4 is 5.32 Å². The zero-order valence-electron chi connectivity index (χ0n) is 24.4. The van der Waals surface area contributed by atoms with Gasteiger partial charge in [-0.3, -0.25) is 9.59 Å². The highest BCUT2D eigenvalue weighted by atomic mass is 32.2. The number of hydrogen-bond acceptors (Lipinski definition) is 5. The average molecular weight is 648 g/mol. The summed E-state index contributed by atoms with van der Waals surface area (Å²) in [5.74, 6) is -2.21. The molecule has 0 radical (unpaired) electrons. The minimum atomic E-state index is -4.63. The van der Waals surface area contributed by atoms with E-state index in [1.165, 1.54) is 42.5 Å². The third-order valence-corrected chi connectivity index (χ3v) is 9.73. The van der Waals surface area contributed by atoms with Crippen molar-refractivity contribution in [3.8, 4) is 0 Å². The number of amides is 2. The Labute approximate surface area is 263 Å². The maximum absolute atomic E-state index is 14.3. The molecule has 1 N–H and O–H groups in total. The van der Waals surface area contributed by atoms with E-state index in [0.717, 1.165) is 16.1 Å². The minimum Gasteiger partial charge on any atom is -0.383 e. The maximum atomic E-state index is 14.3. The van der Waals surface area contributed by atoms with Gasteiger partial charge in [0.15, 0.2) is 0 Å². The smallest absolute Gasteiger partial charge is 0.383 e. The van der Waals surface area contributed by atoms with Crippen LogP contribution in [0.5, 0.6) is 0 Å². The van der Waals surface area contributed by atoms with E-state index in [9.17, 15) is 31.2 Å². The van der Waals surface area contributed by atoms with Gasteiger partial charge in [0.1, 0.15) is 0 Å². The normalized spacial score (nSPS) is 16.8. The number of ether oxygens (including phenoxy) is 1. The van der Waals surface area contributed by atoms with Crippen molar-refractivity contribution < 1.29 is 35.9 Å². The number of rotatable bonds is 8. The molecule has 236 valence electrons. The molecule has 1 aliphatic heterocycles. The van der Waals surface area contributed by atoms with Gasteiger partial charge in [-0.15, -0.1) is 0 Å². The minimum absolute atomic E-state index is 0.0439. The molecule has 2 unspecified atom stereocenters. The van der Waals surface area contributed by atoms with Gasteiger partial charge in [0, 0.05) is 42.1 Å². The molecule has 4 aromatic carbocycles. The Morgan fingerprint density at radius 3 is 2.33 bits per heavy atom. The number of fused-ring (bicyclic) bond motifs is 2. The summed E-state index contributed by atoms with van der Waals surface area (Å²) >= 11 is 0. The van der Waals surface area contributed by atoms with Gasteiger partial charge in [0.2, 0.25) is 5.91 Å². The van der Waals surface area contributed by atoms with Crippen LogP contribution in [0.25, 0.3) is 10.9 Å².